The van der Waals surface area contributed by atoms with Crippen molar-refractivity contribution in [2.75, 3.05) is 7.11 Å². The van der Waals surface area contributed by atoms with Crippen molar-refractivity contribution in [1.82, 2.24) is 0 Å². The predicted octanol–water partition coefficient (Wildman–Crippen LogP) is 2.23. The lowest BCUT2D eigenvalue weighted by Gasteiger charge is -2.27. The highest BCUT2D eigenvalue weighted by Crippen LogP contribution is 2.42. The van der Waals surface area contributed by atoms with Gasteiger partial charge in [-0.3, -0.25) is 4.79 Å². The summed E-state index contributed by atoms with van der Waals surface area (Å²) in [5.74, 6) is 0.403. The molecule has 2 unspecified atom stereocenters. The van der Waals surface area contributed by atoms with Crippen LogP contribution in [0.5, 0.6) is 5.75 Å². The quantitative estimate of drug-likeness (QED) is 0.802. The molecule has 2 heterocycles. The number of sulfone groups is 1. The molecule has 108 valence electrons. The van der Waals surface area contributed by atoms with E-state index in [9.17, 15) is 13.2 Å². The summed E-state index contributed by atoms with van der Waals surface area (Å²) in [6, 6.07) is 7.15. The molecule has 0 spiro atoms. The Morgan fingerprint density at radius 1 is 1.15 bits per heavy atom. The van der Waals surface area contributed by atoms with E-state index in [0.29, 0.717) is 37.0 Å². The van der Waals surface area contributed by atoms with E-state index in [4.69, 9.17) is 4.74 Å². The van der Waals surface area contributed by atoms with E-state index in [1.165, 1.54) is 0 Å². The number of para-hydroxylation sites is 1. The fourth-order valence-corrected chi connectivity index (χ4v) is 5.96. The number of carbonyl (C=O) groups is 1. The molecule has 2 bridgehead atoms. The fraction of sp³-hybridized carbons (Fsp3) is 0.533. The smallest absolute Gasteiger partial charge is 0.169 e. The molecular formula is C15H18O4S. The second-order valence-corrected chi connectivity index (χ2v) is 8.15. The van der Waals surface area contributed by atoms with Gasteiger partial charge in [0.25, 0.3) is 0 Å². The molecule has 0 N–H and O–H groups in total. The van der Waals surface area contributed by atoms with Gasteiger partial charge in [0.05, 0.1) is 23.2 Å². The molecular weight excluding hydrogens is 276 g/mol. The van der Waals surface area contributed by atoms with Crippen molar-refractivity contribution in [3.8, 4) is 5.75 Å². The number of ether oxygens (including phenoxy) is 1. The van der Waals surface area contributed by atoms with E-state index in [0.717, 1.165) is 0 Å². The van der Waals surface area contributed by atoms with Gasteiger partial charge in [0, 0.05) is 5.92 Å². The summed E-state index contributed by atoms with van der Waals surface area (Å²) < 4.78 is 29.4. The third kappa shape index (κ3) is 2.04. The molecule has 2 aliphatic heterocycles. The van der Waals surface area contributed by atoms with E-state index in [-0.39, 0.29) is 22.2 Å². The molecule has 2 fully saturated rings. The van der Waals surface area contributed by atoms with Crippen LogP contribution in [0.4, 0.5) is 0 Å². The summed E-state index contributed by atoms with van der Waals surface area (Å²) >= 11 is 0. The molecule has 2 saturated heterocycles. The zero-order valence-corrected chi connectivity index (χ0v) is 12.2. The van der Waals surface area contributed by atoms with Gasteiger partial charge in [0.2, 0.25) is 0 Å². The van der Waals surface area contributed by atoms with Crippen LogP contribution in [0, 0.1) is 5.92 Å². The van der Waals surface area contributed by atoms with Crippen LogP contribution in [0.15, 0.2) is 24.3 Å². The first-order valence-electron chi connectivity index (χ1n) is 6.94. The summed E-state index contributed by atoms with van der Waals surface area (Å²) in [6.07, 6.45) is 2.36. The number of fused-ring (bicyclic) bond motifs is 2. The molecule has 0 radical (unpaired) electrons. The normalized spacial score (nSPS) is 30.9. The lowest BCUT2D eigenvalue weighted by molar-refractivity contribution is 0.0902. The summed E-state index contributed by atoms with van der Waals surface area (Å²) in [6.45, 7) is 0. The molecule has 3 rings (SSSR count). The summed E-state index contributed by atoms with van der Waals surface area (Å²) in [5, 5.41) is -0.630. The second-order valence-electron chi connectivity index (χ2n) is 5.64. The lowest BCUT2D eigenvalue weighted by Crippen LogP contribution is -2.36. The number of hydrogen-bond donors (Lipinski definition) is 0. The average molecular weight is 294 g/mol. The highest BCUT2D eigenvalue weighted by molar-refractivity contribution is 7.93. The molecule has 0 aliphatic carbocycles. The Bertz CT molecular complexity index is 615. The highest BCUT2D eigenvalue weighted by atomic mass is 32.2. The first-order valence-corrected chi connectivity index (χ1v) is 8.55. The van der Waals surface area contributed by atoms with Crippen LogP contribution in [-0.4, -0.2) is 31.8 Å². The Kier molecular flexibility index (Phi) is 3.32. The Morgan fingerprint density at radius 3 is 2.35 bits per heavy atom. The largest absolute Gasteiger partial charge is 0.496 e. The van der Waals surface area contributed by atoms with Gasteiger partial charge in [-0.2, -0.15) is 0 Å². The highest BCUT2D eigenvalue weighted by Gasteiger charge is 2.48. The minimum atomic E-state index is -2.98. The van der Waals surface area contributed by atoms with Crippen molar-refractivity contribution < 1.29 is 17.9 Å². The van der Waals surface area contributed by atoms with Crippen LogP contribution < -0.4 is 4.74 Å². The van der Waals surface area contributed by atoms with Crippen LogP contribution in [0.3, 0.4) is 0 Å². The number of ketones is 1. The lowest BCUT2D eigenvalue weighted by atomic mass is 9.90. The van der Waals surface area contributed by atoms with Crippen molar-refractivity contribution >= 4 is 15.6 Å². The second kappa shape index (κ2) is 4.88. The number of benzene rings is 1. The third-order valence-electron chi connectivity index (χ3n) is 4.58. The van der Waals surface area contributed by atoms with Crippen molar-refractivity contribution in [3.63, 3.8) is 0 Å². The predicted molar refractivity (Wildman–Crippen MR) is 75.8 cm³/mol. The van der Waals surface area contributed by atoms with Gasteiger partial charge >= 0.3 is 0 Å². The molecule has 0 aromatic heterocycles. The van der Waals surface area contributed by atoms with Gasteiger partial charge < -0.3 is 4.74 Å². The van der Waals surface area contributed by atoms with E-state index in [1.807, 2.05) is 12.1 Å². The molecule has 1 aromatic rings. The Balaban J connectivity index is 1.87. The van der Waals surface area contributed by atoms with Gasteiger partial charge in [-0.05, 0) is 37.8 Å². The number of Topliss-reactive ketones (excluding diaryl/α,β-unsaturated/α-hetero) is 1. The van der Waals surface area contributed by atoms with Gasteiger partial charge in [-0.25, -0.2) is 8.42 Å². The molecule has 20 heavy (non-hydrogen) atoms. The molecule has 4 nitrogen and oxygen atoms in total. The zero-order valence-electron chi connectivity index (χ0n) is 11.4. The van der Waals surface area contributed by atoms with Crippen LogP contribution in [0.1, 0.15) is 36.0 Å². The average Bonchev–Trinajstić information content (AvgIpc) is 2.66. The van der Waals surface area contributed by atoms with Gasteiger partial charge in [0.15, 0.2) is 15.6 Å². The Morgan fingerprint density at radius 2 is 1.75 bits per heavy atom. The van der Waals surface area contributed by atoms with Crippen molar-refractivity contribution in [1.29, 1.82) is 0 Å². The number of rotatable bonds is 3. The van der Waals surface area contributed by atoms with E-state index < -0.39 is 9.84 Å². The first-order chi connectivity index (χ1) is 9.54. The van der Waals surface area contributed by atoms with Crippen molar-refractivity contribution in [2.24, 2.45) is 5.92 Å². The van der Waals surface area contributed by atoms with Crippen LogP contribution in [0.2, 0.25) is 0 Å². The fourth-order valence-electron chi connectivity index (χ4n) is 3.49. The number of carbonyl (C=O) groups excluding carboxylic acids is 1. The monoisotopic (exact) mass is 294 g/mol. The minimum Gasteiger partial charge on any atom is -0.496 e. The molecule has 2 aliphatic rings. The van der Waals surface area contributed by atoms with E-state index in [1.54, 1.807) is 19.2 Å². The maximum Gasteiger partial charge on any atom is 0.169 e. The maximum absolute atomic E-state index is 12.6. The maximum atomic E-state index is 12.6. The molecule has 0 amide bonds. The van der Waals surface area contributed by atoms with Gasteiger partial charge in [-0.1, -0.05) is 12.1 Å². The van der Waals surface area contributed by atoms with Crippen LogP contribution >= 0.6 is 0 Å². The Labute approximate surface area is 119 Å². The van der Waals surface area contributed by atoms with Gasteiger partial charge in [-0.15, -0.1) is 0 Å². The summed E-state index contributed by atoms with van der Waals surface area (Å²) in [7, 11) is -1.43. The van der Waals surface area contributed by atoms with Crippen molar-refractivity contribution in [3.05, 3.63) is 29.8 Å². The zero-order chi connectivity index (χ0) is 14.3. The number of hydrogen-bond acceptors (Lipinski definition) is 4. The number of methoxy groups -OCH3 is 1. The topological polar surface area (TPSA) is 60.4 Å². The summed E-state index contributed by atoms with van der Waals surface area (Å²) in [4.78, 5) is 12.6. The van der Waals surface area contributed by atoms with Crippen LogP contribution in [-0.2, 0) is 9.84 Å². The molecule has 2 atom stereocenters. The minimum absolute atomic E-state index is 0.0225. The molecule has 0 saturated carbocycles. The van der Waals surface area contributed by atoms with E-state index >= 15 is 0 Å². The van der Waals surface area contributed by atoms with Crippen LogP contribution in [0.25, 0.3) is 0 Å². The molecule has 5 heteroatoms. The summed E-state index contributed by atoms with van der Waals surface area (Å²) in [5.41, 5.74) is 0.568. The van der Waals surface area contributed by atoms with Crippen molar-refractivity contribution in [2.45, 2.75) is 36.2 Å². The van der Waals surface area contributed by atoms with E-state index in [2.05, 4.69) is 0 Å². The van der Waals surface area contributed by atoms with Gasteiger partial charge in [0.1, 0.15) is 5.75 Å². The Hall–Kier alpha value is -1.36. The first kappa shape index (κ1) is 13.6. The molecule has 1 aromatic carbocycles. The third-order valence-corrected chi connectivity index (χ3v) is 7.29. The standard InChI is InChI=1S/C15H18O4S/c1-19-14-5-3-2-4-13(14)15(16)10-8-11-6-7-12(9-10)20(11,17)18/h2-5,10-12H,6-9H2,1H3. The SMILES string of the molecule is COc1ccccc1C(=O)C1CC2CCC(C1)S2(=O)=O.